The molecule has 33 heavy (non-hydrogen) atoms. The Hall–Kier alpha value is -3.26. The van der Waals surface area contributed by atoms with Gasteiger partial charge in [0.2, 0.25) is 5.60 Å². The molecule has 0 aromatic carbocycles. The summed E-state index contributed by atoms with van der Waals surface area (Å²) in [5.74, 6) is 1.54. The molecule has 0 saturated carbocycles. The molecule has 3 rings (SSSR count). The summed E-state index contributed by atoms with van der Waals surface area (Å²) in [6.45, 7) is 3.62. The van der Waals surface area contributed by atoms with Crippen LogP contribution in [0.15, 0.2) is 6.33 Å². The van der Waals surface area contributed by atoms with E-state index in [1.165, 1.54) is 10.9 Å². The Bertz CT molecular complexity index is 1050. The van der Waals surface area contributed by atoms with Gasteiger partial charge < -0.3 is 19.9 Å². The first kappa shape index (κ1) is 24.4. The number of halogens is 1. The highest BCUT2D eigenvalue weighted by molar-refractivity contribution is 5.81. The first-order valence-corrected chi connectivity index (χ1v) is 11.0. The summed E-state index contributed by atoms with van der Waals surface area (Å²) in [4.78, 5) is 35.8. The van der Waals surface area contributed by atoms with Crippen molar-refractivity contribution in [2.24, 2.45) is 0 Å². The zero-order chi connectivity index (χ0) is 24.0. The van der Waals surface area contributed by atoms with Gasteiger partial charge in [0.05, 0.1) is 6.33 Å². The molecular formula is C22H28FN5O5. The van der Waals surface area contributed by atoms with E-state index in [0.29, 0.717) is 12.8 Å². The molecule has 1 aliphatic rings. The summed E-state index contributed by atoms with van der Waals surface area (Å²) in [5.41, 5.74) is 4.52. The van der Waals surface area contributed by atoms with Crippen molar-refractivity contribution in [3.8, 4) is 12.3 Å². The minimum absolute atomic E-state index is 0.105. The Labute approximate surface area is 191 Å². The number of terminal acetylenes is 1. The molecule has 2 aromatic heterocycles. The predicted molar refractivity (Wildman–Crippen MR) is 116 cm³/mol. The van der Waals surface area contributed by atoms with Gasteiger partial charge in [0.15, 0.2) is 17.0 Å². The van der Waals surface area contributed by atoms with Crippen molar-refractivity contribution >= 4 is 28.9 Å². The van der Waals surface area contributed by atoms with Crippen LogP contribution in [0.1, 0.15) is 65.0 Å². The number of unbranched alkanes of at least 4 members (excludes halogenated alkanes) is 2. The Balaban J connectivity index is 1.88. The minimum atomic E-state index is -1.53. The first-order chi connectivity index (χ1) is 15.8. The maximum atomic E-state index is 13.8. The minimum Gasteiger partial charge on any atom is -0.461 e. The van der Waals surface area contributed by atoms with Crippen molar-refractivity contribution in [3.63, 3.8) is 0 Å². The van der Waals surface area contributed by atoms with Gasteiger partial charge in [0, 0.05) is 19.3 Å². The Morgan fingerprint density at radius 1 is 1.30 bits per heavy atom. The quantitative estimate of drug-likeness (QED) is 0.322. The van der Waals surface area contributed by atoms with E-state index in [-0.39, 0.29) is 42.9 Å². The number of nitrogen functional groups attached to an aromatic ring is 1. The normalized spacial score (nSPS) is 22.2. The van der Waals surface area contributed by atoms with Crippen molar-refractivity contribution in [2.75, 3.05) is 12.3 Å². The molecule has 0 amide bonds. The number of esters is 2. The highest BCUT2D eigenvalue weighted by atomic mass is 19.1. The number of carbonyl (C=O) groups excluding carboxylic acids is 2. The van der Waals surface area contributed by atoms with Crippen molar-refractivity contribution in [2.45, 2.75) is 76.7 Å². The third kappa shape index (κ3) is 5.39. The van der Waals surface area contributed by atoms with Crippen LogP contribution in [0.4, 0.5) is 10.2 Å². The van der Waals surface area contributed by atoms with Gasteiger partial charge in [-0.1, -0.05) is 32.6 Å². The predicted octanol–water partition coefficient (Wildman–Crippen LogP) is 2.67. The van der Waals surface area contributed by atoms with E-state index in [1.54, 1.807) is 0 Å². The van der Waals surface area contributed by atoms with Gasteiger partial charge in [-0.25, -0.2) is 4.98 Å². The molecule has 3 heterocycles. The van der Waals surface area contributed by atoms with Crippen LogP contribution in [-0.4, -0.2) is 49.8 Å². The third-order valence-corrected chi connectivity index (χ3v) is 5.45. The number of hydrogen-bond acceptors (Lipinski definition) is 9. The summed E-state index contributed by atoms with van der Waals surface area (Å²) in [6.07, 6.45) is 8.00. The second-order valence-electron chi connectivity index (χ2n) is 7.89. The Kier molecular flexibility index (Phi) is 7.81. The zero-order valence-corrected chi connectivity index (χ0v) is 18.8. The number of nitrogens with zero attached hydrogens (tertiary/aromatic N) is 4. The molecule has 0 aliphatic carbocycles. The monoisotopic (exact) mass is 461 g/mol. The van der Waals surface area contributed by atoms with Crippen molar-refractivity contribution in [3.05, 3.63) is 12.4 Å². The van der Waals surface area contributed by atoms with Crippen LogP contribution >= 0.6 is 0 Å². The van der Waals surface area contributed by atoms with Gasteiger partial charge in [-0.15, -0.1) is 6.42 Å². The number of nitrogens with two attached hydrogens (primary N) is 1. The van der Waals surface area contributed by atoms with Crippen molar-refractivity contribution < 1.29 is 28.2 Å². The molecule has 2 N–H and O–H groups in total. The van der Waals surface area contributed by atoms with E-state index >= 15 is 0 Å². The number of rotatable bonds is 10. The molecule has 0 spiro atoms. The number of ether oxygens (including phenoxy) is 3. The highest BCUT2D eigenvalue weighted by Crippen LogP contribution is 2.40. The molecule has 0 unspecified atom stereocenters. The van der Waals surface area contributed by atoms with Crippen LogP contribution in [-0.2, 0) is 23.8 Å². The number of carbonyl (C=O) groups is 2. The molecule has 11 heteroatoms. The molecule has 0 radical (unpaired) electrons. The highest BCUT2D eigenvalue weighted by Gasteiger charge is 2.52. The molecule has 3 atom stereocenters. The second-order valence-corrected chi connectivity index (χ2v) is 7.89. The fraction of sp³-hybridized carbons (Fsp3) is 0.591. The molecule has 2 aromatic rings. The maximum Gasteiger partial charge on any atom is 0.312 e. The average molecular weight is 461 g/mol. The molecule has 0 bridgehead atoms. The van der Waals surface area contributed by atoms with Crippen LogP contribution in [0, 0.1) is 18.4 Å². The zero-order valence-electron chi connectivity index (χ0n) is 18.8. The van der Waals surface area contributed by atoms with E-state index in [2.05, 4.69) is 20.9 Å². The summed E-state index contributed by atoms with van der Waals surface area (Å²) in [5, 5.41) is 0. The molecule has 1 saturated heterocycles. The molecule has 1 fully saturated rings. The summed E-state index contributed by atoms with van der Waals surface area (Å²) in [6, 6.07) is 0. The number of aromatic nitrogens is 4. The SMILES string of the molecule is C#C[C@]1(COC(=O)CCCC)O[C@@H](n2cnc3c(N)nc(F)nc32)C[C@@H]1OC(=O)CCCC. The van der Waals surface area contributed by atoms with Crippen LogP contribution in [0.25, 0.3) is 11.2 Å². The van der Waals surface area contributed by atoms with E-state index < -0.39 is 35.9 Å². The van der Waals surface area contributed by atoms with Crippen molar-refractivity contribution in [1.82, 2.24) is 19.5 Å². The topological polar surface area (TPSA) is 131 Å². The fourth-order valence-corrected chi connectivity index (χ4v) is 3.59. The van der Waals surface area contributed by atoms with Crippen molar-refractivity contribution in [1.29, 1.82) is 0 Å². The lowest BCUT2D eigenvalue weighted by atomic mass is 9.98. The van der Waals surface area contributed by atoms with Crippen LogP contribution in [0.3, 0.4) is 0 Å². The summed E-state index contributed by atoms with van der Waals surface area (Å²) in [7, 11) is 0. The number of hydrogen-bond donors (Lipinski definition) is 1. The largest absolute Gasteiger partial charge is 0.461 e. The standard InChI is InChI=1S/C22H28FN5O5/c1-4-7-9-16(29)31-12-22(6-3)14(32-17(30)10-8-5-2)11-15(33-22)28-13-25-18-19(24)26-21(23)27-20(18)28/h3,13-15H,4-5,7-12H2,1-2H3,(H2,24,26,27)/t14-,15+,22+/m0/s1. The van der Waals surface area contributed by atoms with Crippen LogP contribution in [0.2, 0.25) is 0 Å². The molecule has 10 nitrogen and oxygen atoms in total. The van der Waals surface area contributed by atoms with Gasteiger partial charge in [0.25, 0.3) is 0 Å². The summed E-state index contributed by atoms with van der Waals surface area (Å²) >= 11 is 0. The molecular weight excluding hydrogens is 433 g/mol. The van der Waals surface area contributed by atoms with E-state index in [4.69, 9.17) is 26.4 Å². The fourth-order valence-electron chi connectivity index (χ4n) is 3.59. The summed E-state index contributed by atoms with van der Waals surface area (Å²) < 4.78 is 32.4. The van der Waals surface area contributed by atoms with E-state index in [9.17, 15) is 14.0 Å². The smallest absolute Gasteiger partial charge is 0.312 e. The lowest BCUT2D eigenvalue weighted by Crippen LogP contribution is -2.45. The number of fused-ring (bicyclic) bond motifs is 1. The average Bonchev–Trinajstić information content (AvgIpc) is 3.36. The van der Waals surface area contributed by atoms with E-state index in [0.717, 1.165) is 12.8 Å². The van der Waals surface area contributed by atoms with Gasteiger partial charge in [-0.3, -0.25) is 14.2 Å². The van der Waals surface area contributed by atoms with Gasteiger partial charge in [-0.05, 0) is 12.8 Å². The van der Waals surface area contributed by atoms with E-state index in [1.807, 2.05) is 13.8 Å². The lowest BCUT2D eigenvalue weighted by molar-refractivity contribution is -0.166. The maximum absolute atomic E-state index is 13.8. The second kappa shape index (κ2) is 10.6. The van der Waals surface area contributed by atoms with Gasteiger partial charge in [0.1, 0.15) is 18.9 Å². The first-order valence-electron chi connectivity index (χ1n) is 11.0. The van der Waals surface area contributed by atoms with Crippen LogP contribution in [0.5, 0.6) is 0 Å². The van der Waals surface area contributed by atoms with Gasteiger partial charge >= 0.3 is 18.0 Å². The van der Waals surface area contributed by atoms with Crippen LogP contribution < -0.4 is 5.73 Å². The Morgan fingerprint density at radius 2 is 2.00 bits per heavy atom. The molecule has 1 aliphatic heterocycles. The van der Waals surface area contributed by atoms with Gasteiger partial charge in [-0.2, -0.15) is 14.4 Å². The lowest BCUT2D eigenvalue weighted by Gasteiger charge is -2.28. The molecule has 178 valence electrons. The number of anilines is 1. The third-order valence-electron chi connectivity index (χ3n) is 5.45. The number of imidazole rings is 1. The Morgan fingerprint density at radius 3 is 2.67 bits per heavy atom.